The highest BCUT2D eigenvalue weighted by molar-refractivity contribution is 6.59. The molecule has 0 aromatic heterocycles. The zero-order chi connectivity index (χ0) is 40.7. The van der Waals surface area contributed by atoms with E-state index in [9.17, 15) is 5.11 Å². The van der Waals surface area contributed by atoms with Crippen LogP contribution in [-0.4, -0.2) is 17.0 Å². The van der Waals surface area contributed by atoms with Crippen LogP contribution in [-0.2, 0) is 4.79 Å². The van der Waals surface area contributed by atoms with E-state index < -0.39 is 6.10 Å². The quantitative estimate of drug-likeness (QED) is 0.134. The Labute approximate surface area is 349 Å². The summed E-state index contributed by atoms with van der Waals surface area (Å²) in [6.45, 7) is 0. The molecule has 0 bridgehead atoms. The molecule has 10 rings (SSSR count). The molecule has 0 aliphatic heterocycles. The van der Waals surface area contributed by atoms with Crippen molar-refractivity contribution in [2.75, 3.05) is 11.5 Å². The van der Waals surface area contributed by atoms with E-state index in [4.69, 9.17) is 11.5 Å². The third kappa shape index (κ3) is 6.18. The first kappa shape index (κ1) is 36.5. The fourth-order valence-corrected chi connectivity index (χ4v) is 9.06. The Bertz CT molecular complexity index is 3070. The van der Waals surface area contributed by atoms with Crippen LogP contribution < -0.4 is 11.5 Å². The average Bonchev–Trinajstić information content (AvgIpc) is 3.78. The van der Waals surface area contributed by atoms with E-state index in [1.165, 1.54) is 0 Å². The van der Waals surface area contributed by atoms with Gasteiger partial charge in [-0.25, -0.2) is 0 Å². The Morgan fingerprint density at radius 3 is 1.10 bits per heavy atom. The average molecular weight is 773 g/mol. The molecule has 2 aliphatic rings. The molecule has 0 amide bonds. The van der Waals surface area contributed by atoms with Gasteiger partial charge < -0.3 is 16.6 Å². The van der Waals surface area contributed by atoms with Crippen molar-refractivity contribution in [3.63, 3.8) is 0 Å². The molecule has 0 saturated heterocycles. The van der Waals surface area contributed by atoms with Gasteiger partial charge in [0.05, 0.1) is 0 Å². The van der Waals surface area contributed by atoms with Gasteiger partial charge in [0.25, 0.3) is 0 Å². The van der Waals surface area contributed by atoms with Crippen molar-refractivity contribution in [2.24, 2.45) is 0 Å². The summed E-state index contributed by atoms with van der Waals surface area (Å²) in [5.41, 5.74) is 27.7. The fraction of sp³-hybridized carbons (Fsp3) is 0.0179. The number of aliphatic hydroxyl groups is 1. The van der Waals surface area contributed by atoms with Crippen LogP contribution >= 0.6 is 0 Å². The smallest absolute Gasteiger partial charge is 0.195 e. The van der Waals surface area contributed by atoms with Crippen molar-refractivity contribution in [3.05, 3.63) is 251 Å². The maximum atomic E-state index is 15.2. The molecule has 4 heteroatoms. The van der Waals surface area contributed by atoms with Crippen molar-refractivity contribution < 1.29 is 9.90 Å². The van der Waals surface area contributed by atoms with Gasteiger partial charge in [-0.2, -0.15) is 0 Å². The number of fused-ring (bicyclic) bond motifs is 1. The van der Waals surface area contributed by atoms with Gasteiger partial charge in [-0.15, -0.1) is 0 Å². The normalized spacial score (nSPS) is 15.5. The Morgan fingerprint density at radius 2 is 0.650 bits per heavy atom. The molecule has 5 N–H and O–H groups in total. The summed E-state index contributed by atoms with van der Waals surface area (Å²) >= 11 is 0. The van der Waals surface area contributed by atoms with Gasteiger partial charge in [-0.05, 0) is 90.7 Å². The summed E-state index contributed by atoms with van der Waals surface area (Å²) in [7, 11) is 0. The molecule has 8 aromatic rings. The van der Waals surface area contributed by atoms with Crippen molar-refractivity contribution >= 4 is 72.5 Å². The SMILES string of the molecule is Nc1ccc(C2=C(c3ccccc3)C(=O)C(c3ccccc3)=C2c2ccc(C3=C(c4ccccc4)C(O)C(c4ccccc4)=C3c3ccc(N)cc3)c3ccccc23)cc1. The molecule has 0 saturated carbocycles. The topological polar surface area (TPSA) is 89.3 Å². The third-order valence-electron chi connectivity index (χ3n) is 11.7. The highest BCUT2D eigenvalue weighted by Crippen LogP contribution is 2.55. The molecule has 1 unspecified atom stereocenters. The van der Waals surface area contributed by atoms with Crippen LogP contribution in [0.3, 0.4) is 0 Å². The zero-order valence-corrected chi connectivity index (χ0v) is 32.7. The van der Waals surface area contributed by atoms with Gasteiger partial charge in [0.2, 0.25) is 0 Å². The summed E-state index contributed by atoms with van der Waals surface area (Å²) in [4.78, 5) is 15.2. The van der Waals surface area contributed by atoms with Crippen LogP contribution in [0.25, 0.3) is 55.4 Å². The van der Waals surface area contributed by atoms with E-state index >= 15 is 4.79 Å². The number of allylic oxidation sites excluding steroid dienone is 6. The predicted molar refractivity (Wildman–Crippen MR) is 250 cm³/mol. The second-order valence-electron chi connectivity index (χ2n) is 15.2. The molecule has 4 nitrogen and oxygen atoms in total. The van der Waals surface area contributed by atoms with Gasteiger partial charge in [-0.1, -0.05) is 182 Å². The lowest BCUT2D eigenvalue weighted by atomic mass is 9.82. The first-order valence-corrected chi connectivity index (χ1v) is 20.1. The number of Topliss-reactive ketones (excluding diaryl/α,β-unsaturated/α-hetero) is 1. The monoisotopic (exact) mass is 772 g/mol. The molecule has 0 heterocycles. The standard InChI is InChI=1S/C56H40N2O2/c57-41-29-25-39(26-30-41)47-49(35-15-5-1-6-16-35)55(59)51(37-19-9-3-10-20-37)53(47)45-33-34-46(44-24-14-13-23-43(44)45)54-48(40-27-31-42(58)32-28-40)50(36-17-7-2-8-18-36)56(60)52(54)38-21-11-4-12-22-38/h1-34,55,59H,57-58H2. The van der Waals surface area contributed by atoms with Crippen LogP contribution in [0.1, 0.15) is 44.5 Å². The molecule has 0 fully saturated rings. The lowest BCUT2D eigenvalue weighted by molar-refractivity contribution is -0.108. The number of anilines is 2. The first-order chi connectivity index (χ1) is 29.5. The lowest BCUT2D eigenvalue weighted by Crippen LogP contribution is -2.09. The van der Waals surface area contributed by atoms with Gasteiger partial charge >= 0.3 is 0 Å². The number of carbonyl (C=O) groups is 1. The number of nitrogens with two attached hydrogens (primary N) is 2. The minimum atomic E-state index is -0.927. The molecule has 1 atom stereocenters. The maximum absolute atomic E-state index is 15.2. The van der Waals surface area contributed by atoms with Crippen LogP contribution in [0, 0.1) is 0 Å². The number of hydrogen-bond acceptors (Lipinski definition) is 4. The minimum Gasteiger partial charge on any atom is -0.399 e. The summed E-state index contributed by atoms with van der Waals surface area (Å²) in [6.07, 6.45) is -0.927. The third-order valence-corrected chi connectivity index (χ3v) is 11.7. The van der Waals surface area contributed by atoms with Crippen molar-refractivity contribution in [3.8, 4) is 0 Å². The minimum absolute atomic E-state index is 0.0311. The Kier molecular flexibility index (Phi) is 9.25. The highest BCUT2D eigenvalue weighted by Gasteiger charge is 2.38. The molecular weight excluding hydrogens is 733 g/mol. The van der Waals surface area contributed by atoms with Gasteiger partial charge in [0.1, 0.15) is 6.10 Å². The summed E-state index contributed by atoms with van der Waals surface area (Å²) in [5.74, 6) is -0.0311. The van der Waals surface area contributed by atoms with Gasteiger partial charge in [0.15, 0.2) is 5.78 Å². The molecule has 60 heavy (non-hydrogen) atoms. The van der Waals surface area contributed by atoms with E-state index in [1.54, 1.807) is 0 Å². The zero-order valence-electron chi connectivity index (χ0n) is 32.7. The summed E-state index contributed by atoms with van der Waals surface area (Å²) in [5, 5.41) is 14.7. The Morgan fingerprint density at radius 1 is 0.317 bits per heavy atom. The van der Waals surface area contributed by atoms with E-state index in [-0.39, 0.29) is 5.78 Å². The second-order valence-corrected chi connectivity index (χ2v) is 15.2. The maximum Gasteiger partial charge on any atom is 0.195 e. The number of ketones is 1. The number of carbonyl (C=O) groups excluding carboxylic acids is 1. The summed E-state index contributed by atoms with van der Waals surface area (Å²) in [6, 6.07) is 68.7. The van der Waals surface area contributed by atoms with E-state index in [0.717, 1.165) is 88.7 Å². The fourth-order valence-electron chi connectivity index (χ4n) is 9.06. The molecule has 0 radical (unpaired) electrons. The number of benzene rings is 8. The number of aliphatic hydroxyl groups excluding tert-OH is 1. The lowest BCUT2D eigenvalue weighted by Gasteiger charge is -2.20. The number of hydrogen-bond donors (Lipinski definition) is 3. The first-order valence-electron chi connectivity index (χ1n) is 20.1. The Hall–Kier alpha value is -7.79. The van der Waals surface area contributed by atoms with Gasteiger partial charge in [-0.3, -0.25) is 4.79 Å². The van der Waals surface area contributed by atoms with Crippen molar-refractivity contribution in [1.82, 2.24) is 0 Å². The number of nitrogen functional groups attached to an aromatic ring is 2. The van der Waals surface area contributed by atoms with E-state index in [1.807, 2.05) is 146 Å². The predicted octanol–water partition coefficient (Wildman–Crippen LogP) is 12.0. The number of rotatable bonds is 8. The molecular formula is C56H40N2O2. The molecule has 0 spiro atoms. The van der Waals surface area contributed by atoms with Crippen molar-refractivity contribution in [1.29, 1.82) is 0 Å². The molecule has 8 aromatic carbocycles. The van der Waals surface area contributed by atoms with Crippen LogP contribution in [0.4, 0.5) is 11.4 Å². The van der Waals surface area contributed by atoms with E-state index in [0.29, 0.717) is 22.5 Å². The van der Waals surface area contributed by atoms with Crippen molar-refractivity contribution in [2.45, 2.75) is 6.10 Å². The van der Waals surface area contributed by atoms with Crippen LogP contribution in [0.5, 0.6) is 0 Å². The largest absolute Gasteiger partial charge is 0.399 e. The van der Waals surface area contributed by atoms with Crippen LogP contribution in [0.15, 0.2) is 206 Å². The van der Waals surface area contributed by atoms with E-state index in [2.05, 4.69) is 60.7 Å². The summed E-state index contributed by atoms with van der Waals surface area (Å²) < 4.78 is 0. The van der Waals surface area contributed by atoms with Gasteiger partial charge in [0, 0.05) is 44.8 Å². The van der Waals surface area contributed by atoms with Crippen LogP contribution in [0.2, 0.25) is 0 Å². The molecule has 2 aliphatic carbocycles. The second kappa shape index (κ2) is 15.2. The molecule has 286 valence electrons. The Balaban J connectivity index is 1.31. The highest BCUT2D eigenvalue weighted by atomic mass is 16.3.